The molecule has 10 heavy (non-hydrogen) atoms. The van der Waals surface area contributed by atoms with Gasteiger partial charge in [-0.1, -0.05) is 6.08 Å². The summed E-state index contributed by atoms with van der Waals surface area (Å²) < 4.78 is 12.2. The first-order chi connectivity index (χ1) is 4.77. The van der Waals surface area contributed by atoms with E-state index in [0.29, 0.717) is 6.42 Å². The molecule has 0 rings (SSSR count). The lowest BCUT2D eigenvalue weighted by molar-refractivity contribution is 0.333. The smallest absolute Gasteiger partial charge is 0.0974 e. The lowest BCUT2D eigenvalue weighted by Crippen LogP contribution is -2.15. The topological polar surface area (TPSA) is 12.0 Å². The first-order valence-corrected chi connectivity index (χ1v) is 3.73. The summed E-state index contributed by atoms with van der Waals surface area (Å²) in [6.45, 7) is 6.86. The molecule has 0 spiro atoms. The molecular weight excluding hydrogens is 129 g/mol. The minimum Gasteiger partial charge on any atom is -0.313 e. The Bertz CT molecular complexity index is 81.3. The van der Waals surface area contributed by atoms with Crippen molar-refractivity contribution in [3.8, 4) is 0 Å². The number of halogens is 1. The SMILES string of the molecule is C=CCNCCCC(C)F. The van der Waals surface area contributed by atoms with Crippen LogP contribution in [-0.2, 0) is 0 Å². The van der Waals surface area contributed by atoms with E-state index in [1.54, 1.807) is 13.0 Å². The van der Waals surface area contributed by atoms with Crippen LogP contribution in [0.1, 0.15) is 19.8 Å². The summed E-state index contributed by atoms with van der Waals surface area (Å²) in [5, 5.41) is 3.11. The summed E-state index contributed by atoms with van der Waals surface area (Å²) in [5.74, 6) is 0. The van der Waals surface area contributed by atoms with Gasteiger partial charge in [-0.25, -0.2) is 4.39 Å². The zero-order valence-corrected chi connectivity index (χ0v) is 6.57. The van der Waals surface area contributed by atoms with Crippen LogP contribution in [0.5, 0.6) is 0 Å². The molecule has 1 nitrogen and oxygen atoms in total. The van der Waals surface area contributed by atoms with Gasteiger partial charge in [-0.3, -0.25) is 0 Å². The predicted octanol–water partition coefficient (Wildman–Crippen LogP) is 1.90. The van der Waals surface area contributed by atoms with Crippen molar-refractivity contribution >= 4 is 0 Å². The quantitative estimate of drug-likeness (QED) is 0.444. The van der Waals surface area contributed by atoms with Crippen LogP contribution < -0.4 is 5.32 Å². The molecule has 1 atom stereocenters. The van der Waals surface area contributed by atoms with Crippen molar-refractivity contribution in [2.45, 2.75) is 25.9 Å². The second-order valence-electron chi connectivity index (χ2n) is 2.42. The van der Waals surface area contributed by atoms with Crippen LogP contribution in [0.25, 0.3) is 0 Å². The summed E-state index contributed by atoms with van der Waals surface area (Å²) in [7, 11) is 0. The lowest BCUT2D eigenvalue weighted by Gasteiger charge is -2.01. The van der Waals surface area contributed by atoms with E-state index in [0.717, 1.165) is 19.5 Å². The normalized spacial score (nSPS) is 13.0. The first kappa shape index (κ1) is 9.63. The van der Waals surface area contributed by atoms with Gasteiger partial charge < -0.3 is 5.32 Å². The monoisotopic (exact) mass is 145 g/mol. The van der Waals surface area contributed by atoms with Crippen LogP contribution in [0.15, 0.2) is 12.7 Å². The summed E-state index contributed by atoms with van der Waals surface area (Å²) >= 11 is 0. The van der Waals surface area contributed by atoms with Crippen LogP contribution in [0.2, 0.25) is 0 Å². The summed E-state index contributed by atoms with van der Waals surface area (Å²) in [4.78, 5) is 0. The molecule has 0 saturated heterocycles. The second kappa shape index (κ2) is 6.75. The Morgan fingerprint density at radius 1 is 1.70 bits per heavy atom. The van der Waals surface area contributed by atoms with Crippen molar-refractivity contribution in [3.05, 3.63) is 12.7 Å². The minimum absolute atomic E-state index is 0.657. The zero-order valence-electron chi connectivity index (χ0n) is 6.57. The zero-order chi connectivity index (χ0) is 7.82. The number of nitrogens with one attached hydrogen (secondary N) is 1. The molecule has 0 heterocycles. The van der Waals surface area contributed by atoms with E-state index < -0.39 is 6.17 Å². The molecule has 0 aromatic rings. The van der Waals surface area contributed by atoms with E-state index in [1.807, 2.05) is 0 Å². The van der Waals surface area contributed by atoms with Gasteiger partial charge in [-0.05, 0) is 26.3 Å². The number of hydrogen-bond acceptors (Lipinski definition) is 1. The van der Waals surface area contributed by atoms with E-state index in [9.17, 15) is 4.39 Å². The first-order valence-electron chi connectivity index (χ1n) is 3.73. The maximum absolute atomic E-state index is 12.2. The molecule has 2 heteroatoms. The number of alkyl halides is 1. The van der Waals surface area contributed by atoms with Crippen molar-refractivity contribution in [2.75, 3.05) is 13.1 Å². The molecule has 0 saturated carbocycles. The highest BCUT2D eigenvalue weighted by molar-refractivity contribution is 4.69. The van der Waals surface area contributed by atoms with Gasteiger partial charge in [0.25, 0.3) is 0 Å². The van der Waals surface area contributed by atoms with E-state index >= 15 is 0 Å². The third kappa shape index (κ3) is 7.63. The Balaban J connectivity index is 2.83. The third-order valence-electron chi connectivity index (χ3n) is 1.24. The molecule has 0 aliphatic carbocycles. The lowest BCUT2D eigenvalue weighted by atomic mass is 10.2. The average molecular weight is 145 g/mol. The molecule has 1 unspecified atom stereocenters. The predicted molar refractivity (Wildman–Crippen MR) is 42.9 cm³/mol. The summed E-state index contributed by atoms with van der Waals surface area (Å²) in [6.07, 6.45) is 2.71. The van der Waals surface area contributed by atoms with E-state index in [4.69, 9.17) is 0 Å². The molecule has 0 bridgehead atoms. The highest BCUT2D eigenvalue weighted by atomic mass is 19.1. The molecule has 0 aromatic heterocycles. The molecule has 0 fully saturated rings. The molecular formula is C8H16FN. The van der Waals surface area contributed by atoms with Crippen molar-refractivity contribution in [1.82, 2.24) is 5.32 Å². The van der Waals surface area contributed by atoms with Crippen LogP contribution >= 0.6 is 0 Å². The third-order valence-corrected chi connectivity index (χ3v) is 1.24. The summed E-state index contributed by atoms with van der Waals surface area (Å²) in [5.41, 5.74) is 0. The largest absolute Gasteiger partial charge is 0.313 e. The number of hydrogen-bond donors (Lipinski definition) is 1. The van der Waals surface area contributed by atoms with Gasteiger partial charge in [-0.2, -0.15) is 0 Å². The van der Waals surface area contributed by atoms with Gasteiger partial charge in [0, 0.05) is 6.54 Å². The van der Waals surface area contributed by atoms with Crippen molar-refractivity contribution in [1.29, 1.82) is 0 Å². The van der Waals surface area contributed by atoms with E-state index in [-0.39, 0.29) is 0 Å². The standard InChI is InChI=1S/C8H16FN/c1-3-6-10-7-4-5-8(2)9/h3,8,10H,1,4-7H2,2H3. The van der Waals surface area contributed by atoms with Gasteiger partial charge in [0.1, 0.15) is 0 Å². The van der Waals surface area contributed by atoms with Crippen molar-refractivity contribution in [2.24, 2.45) is 0 Å². The summed E-state index contributed by atoms with van der Waals surface area (Å²) in [6, 6.07) is 0. The highest BCUT2D eigenvalue weighted by Crippen LogP contribution is 1.98. The molecule has 0 amide bonds. The fraction of sp³-hybridized carbons (Fsp3) is 0.750. The Labute approximate surface area is 62.3 Å². The van der Waals surface area contributed by atoms with Gasteiger partial charge in [-0.15, -0.1) is 6.58 Å². The van der Waals surface area contributed by atoms with Gasteiger partial charge in [0.2, 0.25) is 0 Å². The Morgan fingerprint density at radius 3 is 2.90 bits per heavy atom. The maximum atomic E-state index is 12.2. The molecule has 0 aromatic carbocycles. The Kier molecular flexibility index (Phi) is 6.50. The fourth-order valence-corrected chi connectivity index (χ4v) is 0.712. The van der Waals surface area contributed by atoms with Crippen LogP contribution in [-0.4, -0.2) is 19.3 Å². The molecule has 1 N–H and O–H groups in total. The molecule has 0 radical (unpaired) electrons. The van der Waals surface area contributed by atoms with Crippen molar-refractivity contribution < 1.29 is 4.39 Å². The molecule has 0 aliphatic heterocycles. The van der Waals surface area contributed by atoms with E-state index in [2.05, 4.69) is 11.9 Å². The Hall–Kier alpha value is -0.370. The van der Waals surface area contributed by atoms with Gasteiger partial charge in [0.15, 0.2) is 0 Å². The minimum atomic E-state index is -0.662. The van der Waals surface area contributed by atoms with Crippen LogP contribution in [0.4, 0.5) is 4.39 Å². The average Bonchev–Trinajstić information content (AvgIpc) is 1.87. The Morgan fingerprint density at radius 2 is 2.40 bits per heavy atom. The second-order valence-corrected chi connectivity index (χ2v) is 2.42. The number of rotatable bonds is 6. The molecule has 0 aliphatic rings. The maximum Gasteiger partial charge on any atom is 0.0974 e. The van der Waals surface area contributed by atoms with Crippen molar-refractivity contribution in [3.63, 3.8) is 0 Å². The highest BCUT2D eigenvalue weighted by Gasteiger charge is 1.95. The van der Waals surface area contributed by atoms with Crippen LogP contribution in [0.3, 0.4) is 0 Å². The van der Waals surface area contributed by atoms with Crippen LogP contribution in [0, 0.1) is 0 Å². The van der Waals surface area contributed by atoms with E-state index in [1.165, 1.54) is 0 Å². The van der Waals surface area contributed by atoms with Gasteiger partial charge in [0.05, 0.1) is 6.17 Å². The molecule has 60 valence electrons. The fourth-order valence-electron chi connectivity index (χ4n) is 0.712. The van der Waals surface area contributed by atoms with Gasteiger partial charge >= 0.3 is 0 Å².